The van der Waals surface area contributed by atoms with Crippen molar-refractivity contribution in [3.05, 3.63) is 35.9 Å². The van der Waals surface area contributed by atoms with Crippen LogP contribution in [0.15, 0.2) is 35.5 Å². The van der Waals surface area contributed by atoms with Crippen molar-refractivity contribution in [1.82, 2.24) is 5.32 Å². The van der Waals surface area contributed by atoms with Crippen LogP contribution in [0, 0.1) is 0 Å². The second kappa shape index (κ2) is 5.53. The zero-order valence-electron chi connectivity index (χ0n) is 10.8. The molecule has 18 heavy (non-hydrogen) atoms. The van der Waals surface area contributed by atoms with Gasteiger partial charge < -0.3 is 16.3 Å². The van der Waals surface area contributed by atoms with Crippen molar-refractivity contribution in [2.45, 2.75) is 32.2 Å². The third kappa shape index (κ3) is 3.23. The maximum atomic E-state index is 12.1. The highest BCUT2D eigenvalue weighted by molar-refractivity contribution is 5.94. The van der Waals surface area contributed by atoms with Crippen molar-refractivity contribution in [2.75, 3.05) is 0 Å². The number of benzene rings is 1. The Labute approximate surface area is 107 Å². The maximum Gasteiger partial charge on any atom is 0.228 e. The number of carbonyl (C=O) groups excluding carboxylic acids is 1. The Morgan fingerprint density at radius 1 is 1.39 bits per heavy atom. The second-order valence-corrected chi connectivity index (χ2v) is 4.73. The molecule has 0 saturated carbocycles. The summed E-state index contributed by atoms with van der Waals surface area (Å²) in [5.74, 6) is -0.495. The normalized spacial score (nSPS) is 14.1. The summed E-state index contributed by atoms with van der Waals surface area (Å²) >= 11 is 0. The van der Waals surface area contributed by atoms with E-state index in [4.69, 9.17) is 10.9 Å². The van der Waals surface area contributed by atoms with E-state index in [1.54, 1.807) is 13.8 Å². The van der Waals surface area contributed by atoms with E-state index in [2.05, 4.69) is 10.5 Å². The van der Waals surface area contributed by atoms with E-state index in [-0.39, 0.29) is 17.7 Å². The first-order valence-electron chi connectivity index (χ1n) is 5.73. The number of oxime groups is 1. The number of hydrogen-bond acceptors (Lipinski definition) is 3. The molecule has 98 valence electrons. The predicted molar refractivity (Wildman–Crippen MR) is 70.5 cm³/mol. The van der Waals surface area contributed by atoms with Crippen LogP contribution in [0.25, 0.3) is 0 Å². The Morgan fingerprint density at radius 2 is 1.94 bits per heavy atom. The molecule has 0 aromatic heterocycles. The number of amides is 1. The van der Waals surface area contributed by atoms with Crippen LogP contribution in [0.3, 0.4) is 0 Å². The van der Waals surface area contributed by atoms with Gasteiger partial charge in [-0.25, -0.2) is 0 Å². The Hall–Kier alpha value is -2.04. The largest absolute Gasteiger partial charge is 0.409 e. The number of hydrogen-bond donors (Lipinski definition) is 3. The molecule has 0 bridgehead atoms. The first kappa shape index (κ1) is 14.0. The number of nitrogens with zero attached hydrogens (tertiary/aromatic N) is 1. The van der Waals surface area contributed by atoms with Gasteiger partial charge in [0.05, 0.1) is 11.5 Å². The number of nitrogens with two attached hydrogens (primary N) is 1. The minimum Gasteiger partial charge on any atom is -0.409 e. The topological polar surface area (TPSA) is 87.7 Å². The van der Waals surface area contributed by atoms with Crippen LogP contribution in [0.4, 0.5) is 0 Å². The lowest BCUT2D eigenvalue weighted by Crippen LogP contribution is -2.54. The molecule has 0 saturated heterocycles. The molecule has 5 nitrogen and oxygen atoms in total. The number of carbonyl (C=O) groups is 1. The van der Waals surface area contributed by atoms with Gasteiger partial charge in [-0.2, -0.15) is 0 Å². The van der Waals surface area contributed by atoms with Crippen LogP contribution in [-0.4, -0.2) is 22.5 Å². The Balaban J connectivity index is 2.78. The van der Waals surface area contributed by atoms with Gasteiger partial charge in [-0.3, -0.25) is 4.79 Å². The molecule has 0 radical (unpaired) electrons. The highest BCUT2D eigenvalue weighted by Crippen LogP contribution is 2.16. The summed E-state index contributed by atoms with van der Waals surface area (Å²) in [5, 5.41) is 14.3. The van der Waals surface area contributed by atoms with E-state index >= 15 is 0 Å². The summed E-state index contributed by atoms with van der Waals surface area (Å²) in [6, 6.07) is 9.44. The molecule has 0 aliphatic carbocycles. The lowest BCUT2D eigenvalue weighted by Gasteiger charge is -2.26. The number of amidine groups is 1. The molecule has 1 unspecified atom stereocenters. The van der Waals surface area contributed by atoms with Crippen LogP contribution in [0.2, 0.25) is 0 Å². The van der Waals surface area contributed by atoms with Crippen LogP contribution in [-0.2, 0) is 4.79 Å². The van der Waals surface area contributed by atoms with Gasteiger partial charge in [-0.05, 0) is 26.3 Å². The molecule has 0 spiro atoms. The van der Waals surface area contributed by atoms with Crippen LogP contribution in [0.1, 0.15) is 32.3 Å². The van der Waals surface area contributed by atoms with E-state index in [0.29, 0.717) is 0 Å². The molecular weight excluding hydrogens is 230 g/mol. The highest BCUT2D eigenvalue weighted by atomic mass is 16.4. The van der Waals surface area contributed by atoms with Crippen molar-refractivity contribution in [1.29, 1.82) is 0 Å². The summed E-state index contributed by atoms with van der Waals surface area (Å²) in [4.78, 5) is 12.1. The minimum absolute atomic E-state index is 0.0314. The molecule has 0 aliphatic heterocycles. The Kier molecular flexibility index (Phi) is 4.31. The molecule has 1 aromatic rings. The first-order valence-corrected chi connectivity index (χ1v) is 5.73. The first-order chi connectivity index (χ1) is 8.38. The van der Waals surface area contributed by atoms with E-state index in [0.717, 1.165) is 5.56 Å². The van der Waals surface area contributed by atoms with E-state index in [1.807, 2.05) is 37.3 Å². The molecule has 1 aromatic carbocycles. The van der Waals surface area contributed by atoms with Gasteiger partial charge >= 0.3 is 0 Å². The zero-order valence-corrected chi connectivity index (χ0v) is 10.8. The lowest BCUT2D eigenvalue weighted by molar-refractivity contribution is -0.123. The molecular formula is C13H19N3O2. The molecule has 4 N–H and O–H groups in total. The second-order valence-electron chi connectivity index (χ2n) is 4.73. The molecule has 0 aliphatic rings. The molecule has 0 fully saturated rings. The summed E-state index contributed by atoms with van der Waals surface area (Å²) in [5.41, 5.74) is 5.56. The molecule has 1 amide bonds. The van der Waals surface area contributed by atoms with Crippen LogP contribution < -0.4 is 11.1 Å². The Morgan fingerprint density at radius 3 is 2.44 bits per heavy atom. The van der Waals surface area contributed by atoms with Gasteiger partial charge in [-0.15, -0.1) is 0 Å². The third-order valence-electron chi connectivity index (χ3n) is 2.88. The smallest absolute Gasteiger partial charge is 0.228 e. The van der Waals surface area contributed by atoms with Crippen molar-refractivity contribution < 1.29 is 10.0 Å². The van der Waals surface area contributed by atoms with Crippen molar-refractivity contribution in [3.8, 4) is 0 Å². The summed E-state index contributed by atoms with van der Waals surface area (Å²) < 4.78 is 0. The number of rotatable bonds is 4. The summed E-state index contributed by atoms with van der Waals surface area (Å²) in [7, 11) is 0. The van der Waals surface area contributed by atoms with Crippen LogP contribution in [0.5, 0.6) is 0 Å². The molecule has 1 rings (SSSR count). The molecule has 5 heteroatoms. The Bertz CT molecular complexity index is 441. The van der Waals surface area contributed by atoms with Gasteiger partial charge in [0.15, 0.2) is 5.84 Å². The monoisotopic (exact) mass is 249 g/mol. The summed E-state index contributed by atoms with van der Waals surface area (Å²) in [6.45, 7) is 5.17. The standard InChI is InChI=1S/C13H19N3O2/c1-9(10-7-5-4-6-8-10)11(17)15-13(2,3)12(14)16-18/h4-9,18H,1-3H3,(H2,14,16)(H,15,17). The highest BCUT2D eigenvalue weighted by Gasteiger charge is 2.28. The fourth-order valence-electron chi connectivity index (χ4n) is 1.50. The predicted octanol–water partition coefficient (Wildman–Crippen LogP) is 1.43. The molecule has 1 atom stereocenters. The van der Waals surface area contributed by atoms with Crippen molar-refractivity contribution in [3.63, 3.8) is 0 Å². The van der Waals surface area contributed by atoms with Gasteiger partial charge in [0.25, 0.3) is 0 Å². The fourth-order valence-corrected chi connectivity index (χ4v) is 1.50. The van der Waals surface area contributed by atoms with E-state index < -0.39 is 5.54 Å². The van der Waals surface area contributed by atoms with Crippen molar-refractivity contribution >= 4 is 11.7 Å². The minimum atomic E-state index is -0.880. The average Bonchev–Trinajstić information content (AvgIpc) is 2.37. The number of nitrogens with one attached hydrogen (secondary N) is 1. The summed E-state index contributed by atoms with van der Waals surface area (Å²) in [6.07, 6.45) is 0. The lowest BCUT2D eigenvalue weighted by atomic mass is 9.97. The van der Waals surface area contributed by atoms with Crippen molar-refractivity contribution in [2.24, 2.45) is 10.9 Å². The van der Waals surface area contributed by atoms with Gasteiger partial charge in [0.2, 0.25) is 5.91 Å². The van der Waals surface area contributed by atoms with E-state index in [9.17, 15) is 4.79 Å². The van der Waals surface area contributed by atoms with Gasteiger partial charge in [0.1, 0.15) is 0 Å². The molecule has 0 heterocycles. The van der Waals surface area contributed by atoms with Gasteiger partial charge in [-0.1, -0.05) is 35.5 Å². The zero-order chi connectivity index (χ0) is 13.8. The quantitative estimate of drug-likeness (QED) is 0.326. The maximum absolute atomic E-state index is 12.1. The SMILES string of the molecule is CC(C(=O)NC(C)(C)/C(N)=N/O)c1ccccc1. The van der Waals surface area contributed by atoms with Crippen LogP contribution >= 0.6 is 0 Å². The average molecular weight is 249 g/mol. The van der Waals surface area contributed by atoms with E-state index in [1.165, 1.54) is 0 Å². The third-order valence-corrected chi connectivity index (χ3v) is 2.88. The fraction of sp³-hybridized carbons (Fsp3) is 0.385. The van der Waals surface area contributed by atoms with Gasteiger partial charge in [0, 0.05) is 0 Å².